The van der Waals surface area contributed by atoms with Crippen molar-refractivity contribution in [3.8, 4) is 5.75 Å². The molecule has 21 heavy (non-hydrogen) atoms. The Morgan fingerprint density at radius 2 is 2.10 bits per heavy atom. The molecule has 3 N–H and O–H groups in total. The number of hydrogen-bond acceptors (Lipinski definition) is 4. The van der Waals surface area contributed by atoms with E-state index in [1.54, 1.807) is 7.11 Å². The molecule has 1 aromatic carbocycles. The predicted octanol–water partition coefficient (Wildman–Crippen LogP) is 2.07. The molecular weight excluding hydrogens is 266 g/mol. The fourth-order valence-electron chi connectivity index (χ4n) is 2.04. The summed E-state index contributed by atoms with van der Waals surface area (Å²) in [5.74, 6) is 0.604. The van der Waals surface area contributed by atoms with Crippen LogP contribution < -0.4 is 15.8 Å². The molecule has 0 bridgehead atoms. The molecule has 118 valence electrons. The number of nitrogens with zero attached hydrogens (tertiary/aromatic N) is 1. The molecule has 0 unspecified atom stereocenters. The van der Waals surface area contributed by atoms with Gasteiger partial charge in [-0.2, -0.15) is 0 Å². The molecule has 1 rings (SSSR count). The van der Waals surface area contributed by atoms with E-state index in [9.17, 15) is 4.79 Å². The molecule has 5 heteroatoms. The standard InChI is InChI=1S/C16H27N3O2/c1-6-11(2)15(17)16(20)18-13-9-12(10-19(3)4)7-8-14(13)21-5/h7-9,11,15H,6,10,17H2,1-5H3,(H,18,20)/t11-,15-/m0/s1. The average molecular weight is 293 g/mol. The second kappa shape index (κ2) is 8.00. The first-order valence-corrected chi connectivity index (χ1v) is 7.27. The fourth-order valence-corrected chi connectivity index (χ4v) is 2.04. The predicted molar refractivity (Wildman–Crippen MR) is 86.4 cm³/mol. The zero-order chi connectivity index (χ0) is 16.0. The van der Waals surface area contributed by atoms with Crippen molar-refractivity contribution >= 4 is 11.6 Å². The van der Waals surface area contributed by atoms with Gasteiger partial charge in [0.25, 0.3) is 0 Å². The van der Waals surface area contributed by atoms with E-state index < -0.39 is 6.04 Å². The van der Waals surface area contributed by atoms with E-state index in [-0.39, 0.29) is 11.8 Å². The number of nitrogens with one attached hydrogen (secondary N) is 1. The highest BCUT2D eigenvalue weighted by atomic mass is 16.5. The van der Waals surface area contributed by atoms with E-state index in [1.807, 2.05) is 46.1 Å². The van der Waals surface area contributed by atoms with Crippen LogP contribution in [0, 0.1) is 5.92 Å². The molecule has 0 aliphatic heterocycles. The largest absolute Gasteiger partial charge is 0.495 e. The van der Waals surface area contributed by atoms with E-state index in [4.69, 9.17) is 10.5 Å². The zero-order valence-electron chi connectivity index (χ0n) is 13.6. The Morgan fingerprint density at radius 1 is 1.43 bits per heavy atom. The Hall–Kier alpha value is -1.59. The van der Waals surface area contributed by atoms with Crippen LogP contribution in [0.25, 0.3) is 0 Å². The third kappa shape index (κ3) is 5.02. The van der Waals surface area contributed by atoms with Crippen molar-refractivity contribution < 1.29 is 9.53 Å². The summed E-state index contributed by atoms with van der Waals surface area (Å²) >= 11 is 0. The van der Waals surface area contributed by atoms with Crippen LogP contribution in [0.1, 0.15) is 25.8 Å². The van der Waals surface area contributed by atoms with Crippen LogP contribution in [0.5, 0.6) is 5.75 Å². The van der Waals surface area contributed by atoms with Gasteiger partial charge in [0, 0.05) is 6.54 Å². The minimum Gasteiger partial charge on any atom is -0.495 e. The van der Waals surface area contributed by atoms with Crippen molar-refractivity contribution in [1.29, 1.82) is 0 Å². The lowest BCUT2D eigenvalue weighted by Crippen LogP contribution is -2.40. The van der Waals surface area contributed by atoms with Gasteiger partial charge in [-0.05, 0) is 37.7 Å². The molecule has 0 aromatic heterocycles. The summed E-state index contributed by atoms with van der Waals surface area (Å²) in [5.41, 5.74) is 7.74. The zero-order valence-corrected chi connectivity index (χ0v) is 13.6. The van der Waals surface area contributed by atoms with Gasteiger partial charge in [0.15, 0.2) is 0 Å². The lowest BCUT2D eigenvalue weighted by molar-refractivity contribution is -0.118. The molecule has 0 fully saturated rings. The minimum absolute atomic E-state index is 0.140. The number of carbonyl (C=O) groups excluding carboxylic acids is 1. The molecule has 0 aliphatic carbocycles. The smallest absolute Gasteiger partial charge is 0.241 e. The molecule has 0 heterocycles. The topological polar surface area (TPSA) is 67.6 Å². The maximum absolute atomic E-state index is 12.2. The van der Waals surface area contributed by atoms with Crippen LogP contribution in [-0.2, 0) is 11.3 Å². The number of anilines is 1. The van der Waals surface area contributed by atoms with Gasteiger partial charge in [-0.25, -0.2) is 0 Å². The molecule has 0 aliphatic rings. The lowest BCUT2D eigenvalue weighted by atomic mass is 9.99. The Balaban J connectivity index is 2.91. The number of nitrogens with two attached hydrogens (primary N) is 1. The Morgan fingerprint density at radius 3 is 2.62 bits per heavy atom. The molecule has 2 atom stereocenters. The number of hydrogen-bond donors (Lipinski definition) is 2. The van der Waals surface area contributed by atoms with Gasteiger partial charge in [-0.1, -0.05) is 26.3 Å². The summed E-state index contributed by atoms with van der Waals surface area (Å²) in [6.45, 7) is 4.80. The molecular formula is C16H27N3O2. The molecule has 0 saturated heterocycles. The highest BCUT2D eigenvalue weighted by Crippen LogP contribution is 2.26. The highest BCUT2D eigenvalue weighted by Gasteiger charge is 2.20. The van der Waals surface area contributed by atoms with Crippen LogP contribution in [0.3, 0.4) is 0 Å². The summed E-state index contributed by atoms with van der Waals surface area (Å²) in [6, 6.07) is 5.27. The first kappa shape index (κ1) is 17.5. The summed E-state index contributed by atoms with van der Waals surface area (Å²) in [4.78, 5) is 14.3. The van der Waals surface area contributed by atoms with Crippen LogP contribution in [-0.4, -0.2) is 38.1 Å². The maximum atomic E-state index is 12.2. The quantitative estimate of drug-likeness (QED) is 0.807. The number of carbonyl (C=O) groups is 1. The maximum Gasteiger partial charge on any atom is 0.241 e. The van der Waals surface area contributed by atoms with Gasteiger partial charge in [0.1, 0.15) is 5.75 Å². The number of ether oxygens (including phenoxy) is 1. The van der Waals surface area contributed by atoms with Crippen LogP contribution in [0.4, 0.5) is 5.69 Å². The molecule has 0 spiro atoms. The van der Waals surface area contributed by atoms with Crippen molar-refractivity contribution in [3.05, 3.63) is 23.8 Å². The third-order valence-corrected chi connectivity index (χ3v) is 3.58. The van der Waals surface area contributed by atoms with Crippen LogP contribution >= 0.6 is 0 Å². The monoisotopic (exact) mass is 293 g/mol. The second-order valence-electron chi connectivity index (χ2n) is 5.67. The van der Waals surface area contributed by atoms with Crippen molar-refractivity contribution in [1.82, 2.24) is 4.90 Å². The first-order valence-electron chi connectivity index (χ1n) is 7.27. The van der Waals surface area contributed by atoms with Crippen molar-refractivity contribution in [3.63, 3.8) is 0 Å². The van der Waals surface area contributed by atoms with E-state index in [0.717, 1.165) is 18.5 Å². The fraction of sp³-hybridized carbons (Fsp3) is 0.562. The molecule has 0 radical (unpaired) electrons. The van der Waals surface area contributed by atoms with Gasteiger partial charge in [0.2, 0.25) is 5.91 Å². The Labute approximate surface area is 127 Å². The molecule has 0 saturated carbocycles. The van der Waals surface area contributed by atoms with E-state index in [1.165, 1.54) is 0 Å². The normalized spacial score (nSPS) is 13.9. The highest BCUT2D eigenvalue weighted by molar-refractivity contribution is 5.96. The van der Waals surface area contributed by atoms with Crippen molar-refractivity contribution in [2.45, 2.75) is 32.9 Å². The summed E-state index contributed by atoms with van der Waals surface area (Å²) in [5, 5.41) is 2.88. The second-order valence-corrected chi connectivity index (χ2v) is 5.67. The van der Waals surface area contributed by atoms with E-state index in [0.29, 0.717) is 11.4 Å². The first-order chi connectivity index (χ1) is 9.88. The van der Waals surface area contributed by atoms with E-state index in [2.05, 4.69) is 10.2 Å². The van der Waals surface area contributed by atoms with Gasteiger partial charge >= 0.3 is 0 Å². The van der Waals surface area contributed by atoms with Gasteiger partial charge in [-0.15, -0.1) is 0 Å². The number of rotatable bonds is 7. The SMILES string of the molecule is CC[C@H](C)[C@H](N)C(=O)Nc1cc(CN(C)C)ccc1OC. The molecule has 5 nitrogen and oxygen atoms in total. The number of benzene rings is 1. The summed E-state index contributed by atoms with van der Waals surface area (Å²) in [7, 11) is 5.59. The average Bonchev–Trinajstić information content (AvgIpc) is 2.45. The van der Waals surface area contributed by atoms with E-state index >= 15 is 0 Å². The summed E-state index contributed by atoms with van der Waals surface area (Å²) in [6.07, 6.45) is 0.867. The molecule has 1 amide bonds. The van der Waals surface area contributed by atoms with Gasteiger partial charge in [0.05, 0.1) is 18.8 Å². The number of amides is 1. The van der Waals surface area contributed by atoms with Crippen molar-refractivity contribution in [2.24, 2.45) is 11.7 Å². The third-order valence-electron chi connectivity index (χ3n) is 3.58. The van der Waals surface area contributed by atoms with Crippen molar-refractivity contribution in [2.75, 3.05) is 26.5 Å². The van der Waals surface area contributed by atoms with Crippen LogP contribution in [0.2, 0.25) is 0 Å². The lowest BCUT2D eigenvalue weighted by Gasteiger charge is -2.19. The molecule has 1 aromatic rings. The Kier molecular flexibility index (Phi) is 6.65. The summed E-state index contributed by atoms with van der Waals surface area (Å²) < 4.78 is 5.30. The minimum atomic E-state index is -0.516. The Bertz CT molecular complexity index is 475. The van der Waals surface area contributed by atoms with Gasteiger partial charge in [-0.3, -0.25) is 4.79 Å². The van der Waals surface area contributed by atoms with Gasteiger partial charge < -0.3 is 20.7 Å². The number of methoxy groups -OCH3 is 1. The van der Waals surface area contributed by atoms with Crippen LogP contribution in [0.15, 0.2) is 18.2 Å².